The number of hydrogen-bond acceptors (Lipinski definition) is 6. The van der Waals surface area contributed by atoms with E-state index in [-0.39, 0.29) is 24.5 Å². The lowest BCUT2D eigenvalue weighted by Crippen LogP contribution is -2.55. The largest absolute Gasteiger partial charge is 0.465 e. The molecule has 4 aliphatic rings. The maximum Gasteiger partial charge on any atom is 0.311 e. The predicted octanol–water partition coefficient (Wildman–Crippen LogP) is 3.11. The molecule has 7 nitrogen and oxygen atoms in total. The number of esters is 1. The number of nitrogens with zero attached hydrogens (tertiary/aromatic N) is 2. The Hall–Kier alpha value is -2.58. The second-order valence-corrected chi connectivity index (χ2v) is 12.3. The monoisotopic (exact) mass is 510 g/mol. The first kappa shape index (κ1) is 25.1. The summed E-state index contributed by atoms with van der Waals surface area (Å²) in [4.78, 5) is 45.6. The maximum atomic E-state index is 14.4. The first-order valence-corrected chi connectivity index (χ1v) is 13.6. The number of fused-ring (bicyclic) bond motifs is 2. The van der Waals surface area contributed by atoms with Gasteiger partial charge in [0, 0.05) is 17.3 Å². The van der Waals surface area contributed by atoms with Gasteiger partial charge in [0.05, 0.1) is 35.8 Å². The van der Waals surface area contributed by atoms with Crippen LogP contribution in [-0.2, 0) is 19.1 Å². The third-order valence-electron chi connectivity index (χ3n) is 8.04. The van der Waals surface area contributed by atoms with Crippen molar-refractivity contribution in [2.75, 3.05) is 19.8 Å². The highest BCUT2D eigenvalue weighted by atomic mass is 32.2. The van der Waals surface area contributed by atoms with Gasteiger partial charge in [0.15, 0.2) is 0 Å². The Labute approximate surface area is 216 Å². The normalized spacial score (nSPS) is 35.8. The summed E-state index contributed by atoms with van der Waals surface area (Å²) in [6.45, 7) is 6.32. The van der Waals surface area contributed by atoms with Crippen LogP contribution in [0.3, 0.4) is 0 Å². The Morgan fingerprint density at radius 1 is 1.08 bits per heavy atom. The van der Waals surface area contributed by atoms with Crippen LogP contribution in [0.15, 0.2) is 54.6 Å². The van der Waals surface area contributed by atoms with Gasteiger partial charge in [-0.15, -0.1) is 11.8 Å². The van der Waals surface area contributed by atoms with E-state index in [1.165, 1.54) is 11.8 Å². The Kier molecular flexibility index (Phi) is 6.53. The molecule has 0 aromatic heterocycles. The Balaban J connectivity index is 1.71. The van der Waals surface area contributed by atoms with Crippen molar-refractivity contribution in [3.63, 3.8) is 0 Å². The molecule has 36 heavy (non-hydrogen) atoms. The molecule has 0 bridgehead atoms. The molecule has 4 aliphatic heterocycles. The number of carbonyl (C=O) groups is 3. The molecule has 2 fully saturated rings. The van der Waals surface area contributed by atoms with Crippen molar-refractivity contribution in [3.05, 3.63) is 60.2 Å². The standard InChI is InChI=1S/C28H34N2O5S/c1-18(2)29-15-10-14-28-21(22-26(34)35-16-9-5-8-13-27(22,3)36-28)24(32)30(23(28)25(29)33)20(17-31)19-11-6-4-7-12-19/h4,6-8,10-14,18,20-23,31H,5,9,15-17H2,1-3H3/b13-8-/t20-,21+,22-,23?,27+,28+/m1/s1. The van der Waals surface area contributed by atoms with Crippen LogP contribution in [0, 0.1) is 11.8 Å². The van der Waals surface area contributed by atoms with Gasteiger partial charge in [-0.1, -0.05) is 54.6 Å². The molecule has 5 rings (SSSR count). The zero-order valence-corrected chi connectivity index (χ0v) is 21.8. The van der Waals surface area contributed by atoms with Crippen molar-refractivity contribution in [3.8, 4) is 0 Å². The molecule has 2 amide bonds. The minimum absolute atomic E-state index is 0.0679. The van der Waals surface area contributed by atoms with Gasteiger partial charge in [-0.3, -0.25) is 14.4 Å². The van der Waals surface area contributed by atoms with Gasteiger partial charge in [0.25, 0.3) is 0 Å². The van der Waals surface area contributed by atoms with E-state index in [9.17, 15) is 19.5 Å². The van der Waals surface area contributed by atoms with Crippen LogP contribution in [0.1, 0.15) is 45.2 Å². The molecule has 0 radical (unpaired) electrons. The summed E-state index contributed by atoms with van der Waals surface area (Å²) in [6.07, 6.45) is 9.59. The van der Waals surface area contributed by atoms with Gasteiger partial charge >= 0.3 is 5.97 Å². The van der Waals surface area contributed by atoms with Gasteiger partial charge in [-0.25, -0.2) is 0 Å². The first-order chi connectivity index (χ1) is 17.2. The number of benzene rings is 1. The fourth-order valence-electron chi connectivity index (χ4n) is 6.42. The molecule has 1 unspecified atom stereocenters. The quantitative estimate of drug-likeness (QED) is 0.495. The van der Waals surface area contributed by atoms with Crippen LogP contribution >= 0.6 is 11.8 Å². The minimum Gasteiger partial charge on any atom is -0.465 e. The van der Waals surface area contributed by atoms with Crippen LogP contribution < -0.4 is 0 Å². The number of hydrogen-bond donors (Lipinski definition) is 1. The van der Waals surface area contributed by atoms with E-state index < -0.39 is 39.4 Å². The number of aliphatic hydroxyl groups is 1. The van der Waals surface area contributed by atoms with Gasteiger partial charge in [-0.2, -0.15) is 0 Å². The number of likely N-dealkylation sites (tertiary alicyclic amines) is 1. The van der Waals surface area contributed by atoms with Crippen LogP contribution in [0.4, 0.5) is 0 Å². The van der Waals surface area contributed by atoms with Crippen molar-refractivity contribution in [2.45, 2.75) is 61.2 Å². The second kappa shape index (κ2) is 9.38. The first-order valence-electron chi connectivity index (χ1n) is 12.8. The molecule has 192 valence electrons. The van der Waals surface area contributed by atoms with Crippen LogP contribution in [0.25, 0.3) is 0 Å². The Bertz CT molecular complexity index is 1100. The molecule has 1 aromatic rings. The van der Waals surface area contributed by atoms with E-state index in [4.69, 9.17) is 4.74 Å². The highest BCUT2D eigenvalue weighted by molar-refractivity contribution is 8.02. The lowest BCUT2D eigenvalue weighted by Gasteiger charge is -2.40. The highest BCUT2D eigenvalue weighted by Gasteiger charge is 2.74. The molecule has 2 saturated heterocycles. The van der Waals surface area contributed by atoms with E-state index in [1.54, 1.807) is 9.80 Å². The number of cyclic esters (lactones) is 1. The number of allylic oxidation sites excluding steroid dienone is 1. The zero-order chi connectivity index (χ0) is 25.7. The molecule has 4 heterocycles. The van der Waals surface area contributed by atoms with E-state index in [1.807, 2.05) is 69.3 Å². The lowest BCUT2D eigenvalue weighted by atomic mass is 9.74. The minimum atomic E-state index is -0.956. The third kappa shape index (κ3) is 3.72. The Morgan fingerprint density at radius 2 is 1.83 bits per heavy atom. The highest BCUT2D eigenvalue weighted by Crippen LogP contribution is 2.66. The summed E-state index contributed by atoms with van der Waals surface area (Å²) in [5.41, 5.74) is 0.755. The van der Waals surface area contributed by atoms with Gasteiger partial charge < -0.3 is 19.6 Å². The number of amides is 2. The van der Waals surface area contributed by atoms with Crippen molar-refractivity contribution >= 4 is 29.5 Å². The molecule has 1 aromatic carbocycles. The molecule has 8 heteroatoms. The summed E-state index contributed by atoms with van der Waals surface area (Å²) in [5, 5.41) is 10.5. The second-order valence-electron chi connectivity index (χ2n) is 10.6. The fourth-order valence-corrected chi connectivity index (χ4v) is 8.56. The van der Waals surface area contributed by atoms with Crippen molar-refractivity contribution < 1.29 is 24.2 Å². The molecule has 1 spiro atoms. The summed E-state index contributed by atoms with van der Waals surface area (Å²) in [5.74, 6) is -2.34. The number of aliphatic hydroxyl groups excluding tert-OH is 1. The average molecular weight is 511 g/mol. The van der Waals surface area contributed by atoms with Crippen molar-refractivity contribution in [2.24, 2.45) is 11.8 Å². The van der Waals surface area contributed by atoms with Crippen LogP contribution in [0.2, 0.25) is 0 Å². The van der Waals surface area contributed by atoms with Crippen LogP contribution in [0.5, 0.6) is 0 Å². The summed E-state index contributed by atoms with van der Waals surface area (Å²) in [7, 11) is 0. The molecule has 1 N–H and O–H groups in total. The van der Waals surface area contributed by atoms with E-state index in [0.29, 0.717) is 13.2 Å². The molecule has 0 saturated carbocycles. The molecular formula is C28H34N2O5S. The number of ether oxygens (including phenoxy) is 1. The number of carbonyl (C=O) groups excluding carboxylic acids is 3. The summed E-state index contributed by atoms with van der Waals surface area (Å²) >= 11 is 1.53. The fraction of sp³-hybridized carbons (Fsp3) is 0.536. The summed E-state index contributed by atoms with van der Waals surface area (Å²) in [6, 6.07) is 7.69. The topological polar surface area (TPSA) is 87.2 Å². The average Bonchev–Trinajstić information content (AvgIpc) is 3.20. The maximum absolute atomic E-state index is 14.4. The van der Waals surface area contributed by atoms with Gasteiger partial charge in [-0.05, 0) is 39.2 Å². The molecule has 6 atom stereocenters. The molecular weight excluding hydrogens is 476 g/mol. The SMILES string of the molecule is CC(C)N1CC=C[C@]23S[C@@]4(C)/C=C\CCCOC(=O)[C@H]4[C@H]2C(=O)N([C@H](CO)c2ccccc2)C3C1=O. The van der Waals surface area contributed by atoms with Gasteiger partial charge in [0.2, 0.25) is 11.8 Å². The number of rotatable bonds is 4. The molecule has 0 aliphatic carbocycles. The smallest absolute Gasteiger partial charge is 0.311 e. The zero-order valence-electron chi connectivity index (χ0n) is 21.0. The predicted molar refractivity (Wildman–Crippen MR) is 138 cm³/mol. The third-order valence-corrected chi connectivity index (χ3v) is 9.83. The van der Waals surface area contributed by atoms with E-state index >= 15 is 0 Å². The van der Waals surface area contributed by atoms with E-state index in [0.717, 1.165) is 18.4 Å². The van der Waals surface area contributed by atoms with Crippen LogP contribution in [-0.4, -0.2) is 74.0 Å². The van der Waals surface area contributed by atoms with Gasteiger partial charge in [0.1, 0.15) is 6.04 Å². The lowest BCUT2D eigenvalue weighted by molar-refractivity contribution is -0.154. The van der Waals surface area contributed by atoms with Crippen molar-refractivity contribution in [1.29, 1.82) is 0 Å². The number of thioether (sulfide) groups is 1. The Morgan fingerprint density at radius 3 is 2.53 bits per heavy atom. The van der Waals surface area contributed by atoms with Crippen molar-refractivity contribution in [1.82, 2.24) is 9.80 Å². The summed E-state index contributed by atoms with van der Waals surface area (Å²) < 4.78 is 4.01. The van der Waals surface area contributed by atoms with E-state index in [2.05, 4.69) is 6.08 Å².